The maximum Gasteiger partial charge on any atom is 0.355 e. The molecule has 3 atom stereocenters. The van der Waals surface area contributed by atoms with Crippen LogP contribution in [-0.4, -0.2) is 50.6 Å². The van der Waals surface area contributed by atoms with Crippen molar-refractivity contribution in [2.24, 2.45) is 5.73 Å². The van der Waals surface area contributed by atoms with E-state index in [2.05, 4.69) is 5.32 Å². The summed E-state index contributed by atoms with van der Waals surface area (Å²) < 4.78 is 12.7. The highest BCUT2D eigenvalue weighted by atomic mass is 16.6. The zero-order valence-corrected chi connectivity index (χ0v) is 25.0. The minimum absolute atomic E-state index is 0.0428. The van der Waals surface area contributed by atoms with Gasteiger partial charge in [0.15, 0.2) is 0 Å². The second-order valence-corrected chi connectivity index (χ2v) is 11.5. The number of cyclic esters (lactones) is 1. The van der Waals surface area contributed by atoms with Gasteiger partial charge in [0.2, 0.25) is 11.5 Å². The van der Waals surface area contributed by atoms with Crippen LogP contribution in [-0.2, 0) is 53.8 Å². The van der Waals surface area contributed by atoms with Crippen molar-refractivity contribution in [3.05, 3.63) is 99.3 Å². The summed E-state index contributed by atoms with van der Waals surface area (Å²) in [6, 6.07) is 17.8. The molecule has 2 aliphatic heterocycles. The Labute approximate surface area is 263 Å². The Morgan fingerprint density at radius 1 is 1.11 bits per heavy atom. The number of aliphatic carboxylic acids is 1. The van der Waals surface area contributed by atoms with Crippen molar-refractivity contribution in [1.82, 2.24) is 14.9 Å². The summed E-state index contributed by atoms with van der Waals surface area (Å²) in [7, 11) is 0. The predicted octanol–water partition coefficient (Wildman–Crippen LogP) is 2.55. The SMILES string of the molecule is CC[C@@]1(OC(=O)CC[C@H](NC(=O)[C@@H](N)Cc2ccccc2)C(=O)O)C(=O)OCc2c1cc1n(c2=O)Cc2cc3ccccc3nc2-1. The summed E-state index contributed by atoms with van der Waals surface area (Å²) in [6.45, 7) is 1.63. The van der Waals surface area contributed by atoms with Crippen molar-refractivity contribution in [2.75, 3.05) is 0 Å². The lowest BCUT2D eigenvalue weighted by Gasteiger charge is -2.35. The number of hydrogen-bond donors (Lipinski definition) is 3. The smallest absolute Gasteiger partial charge is 0.355 e. The molecule has 0 unspecified atom stereocenters. The van der Waals surface area contributed by atoms with Crippen molar-refractivity contribution >= 4 is 34.7 Å². The number of carbonyl (C=O) groups excluding carboxylic acids is 3. The monoisotopic (exact) mass is 624 g/mol. The van der Waals surface area contributed by atoms with Crippen LogP contribution in [0.15, 0.2) is 71.5 Å². The van der Waals surface area contributed by atoms with Crippen molar-refractivity contribution in [3.63, 3.8) is 0 Å². The van der Waals surface area contributed by atoms with Crippen molar-refractivity contribution in [2.45, 2.75) is 63.4 Å². The lowest BCUT2D eigenvalue weighted by Crippen LogP contribution is -2.50. The summed E-state index contributed by atoms with van der Waals surface area (Å²) in [4.78, 5) is 69.7. The first-order chi connectivity index (χ1) is 22.1. The van der Waals surface area contributed by atoms with Crippen molar-refractivity contribution < 1.29 is 33.8 Å². The number of para-hydroxylation sites is 1. The van der Waals surface area contributed by atoms with Crippen LogP contribution in [0.2, 0.25) is 0 Å². The van der Waals surface area contributed by atoms with Gasteiger partial charge in [0.25, 0.3) is 5.56 Å². The minimum Gasteiger partial charge on any atom is -0.480 e. The van der Waals surface area contributed by atoms with Crippen LogP contribution in [0, 0.1) is 0 Å². The number of nitrogens with zero attached hydrogens (tertiary/aromatic N) is 2. The van der Waals surface area contributed by atoms with Crippen LogP contribution in [0.3, 0.4) is 0 Å². The molecular formula is C34H32N4O8. The second kappa shape index (κ2) is 12.2. The highest BCUT2D eigenvalue weighted by molar-refractivity contribution is 5.89. The fourth-order valence-electron chi connectivity index (χ4n) is 6.09. The number of carboxylic acids is 1. The first-order valence-electron chi connectivity index (χ1n) is 15.0. The Bertz CT molecular complexity index is 1940. The molecule has 12 heteroatoms. The Morgan fingerprint density at radius 2 is 1.85 bits per heavy atom. The van der Waals surface area contributed by atoms with Crippen LogP contribution in [0.1, 0.15) is 48.4 Å². The average Bonchev–Trinajstić information content (AvgIpc) is 3.41. The first-order valence-corrected chi connectivity index (χ1v) is 15.0. The lowest BCUT2D eigenvalue weighted by atomic mass is 9.85. The van der Waals surface area contributed by atoms with Gasteiger partial charge in [-0.1, -0.05) is 55.5 Å². The summed E-state index contributed by atoms with van der Waals surface area (Å²) in [5, 5.41) is 13.1. The molecule has 0 spiro atoms. The van der Waals surface area contributed by atoms with Gasteiger partial charge >= 0.3 is 17.9 Å². The zero-order chi connectivity index (χ0) is 32.6. The van der Waals surface area contributed by atoms with Crippen LogP contribution >= 0.6 is 0 Å². The number of nitrogens with two attached hydrogens (primary N) is 1. The third kappa shape index (κ3) is 5.51. The molecule has 46 heavy (non-hydrogen) atoms. The number of aromatic nitrogens is 2. The fourth-order valence-corrected chi connectivity index (χ4v) is 6.09. The van der Waals surface area contributed by atoms with E-state index in [0.717, 1.165) is 22.0 Å². The second-order valence-electron chi connectivity index (χ2n) is 11.5. The maximum absolute atomic E-state index is 13.7. The third-order valence-corrected chi connectivity index (χ3v) is 8.56. The fraction of sp³-hybridized carbons (Fsp3) is 0.294. The van der Waals surface area contributed by atoms with Gasteiger partial charge in [-0.25, -0.2) is 14.6 Å². The van der Waals surface area contributed by atoms with Crippen LogP contribution in [0.4, 0.5) is 0 Å². The molecule has 0 saturated heterocycles. The molecule has 2 aromatic carbocycles. The molecule has 1 amide bonds. The Hall–Kier alpha value is -5.36. The molecule has 0 saturated carbocycles. The predicted molar refractivity (Wildman–Crippen MR) is 165 cm³/mol. The molecule has 0 aliphatic carbocycles. The highest BCUT2D eigenvalue weighted by Gasteiger charge is 2.50. The van der Waals surface area contributed by atoms with Gasteiger partial charge in [-0.05, 0) is 43.0 Å². The van der Waals surface area contributed by atoms with E-state index in [1.165, 1.54) is 0 Å². The molecule has 2 aliphatic rings. The zero-order valence-electron chi connectivity index (χ0n) is 25.0. The van der Waals surface area contributed by atoms with Gasteiger partial charge in [0, 0.05) is 22.9 Å². The maximum atomic E-state index is 13.7. The van der Waals surface area contributed by atoms with Crippen molar-refractivity contribution in [3.8, 4) is 11.4 Å². The van der Waals surface area contributed by atoms with Crippen LogP contribution < -0.4 is 16.6 Å². The average molecular weight is 625 g/mol. The summed E-state index contributed by atoms with van der Waals surface area (Å²) in [5.74, 6) is -3.77. The van der Waals surface area contributed by atoms with E-state index in [1.54, 1.807) is 41.8 Å². The van der Waals surface area contributed by atoms with Gasteiger partial charge in [-0.3, -0.25) is 14.4 Å². The Morgan fingerprint density at radius 3 is 2.59 bits per heavy atom. The molecule has 6 rings (SSSR count). The number of carboxylic acid groups (broad SMARTS) is 1. The Kier molecular flexibility index (Phi) is 8.13. The standard InChI is InChI=1S/C34H32N4O8/c1-2-34(46-28(39)13-12-26(32(42)43)37-30(40)24(35)14-19-8-4-3-5-9-19)23-16-27-29-21(15-20-10-6-7-11-25(20)36-29)17-38(27)31(41)22(23)18-45-33(34)44/h3-11,15-16,24,26H,2,12-14,17-18,35H2,1H3,(H,37,40)(H,42,43)/t24-,26-,34-/m0/s1. The number of amides is 1. The quantitative estimate of drug-likeness (QED) is 0.196. The molecule has 0 radical (unpaired) electrons. The number of benzene rings is 2. The van der Waals surface area contributed by atoms with Gasteiger partial charge in [-0.2, -0.15) is 0 Å². The van der Waals surface area contributed by atoms with Crippen LogP contribution in [0.25, 0.3) is 22.3 Å². The summed E-state index contributed by atoms with van der Waals surface area (Å²) >= 11 is 0. The molecule has 4 heterocycles. The third-order valence-electron chi connectivity index (χ3n) is 8.56. The van der Waals surface area contributed by atoms with E-state index in [4.69, 9.17) is 20.2 Å². The number of fused-ring (bicyclic) bond motifs is 5. The Balaban J connectivity index is 1.22. The van der Waals surface area contributed by atoms with Gasteiger partial charge in [-0.15, -0.1) is 0 Å². The largest absolute Gasteiger partial charge is 0.480 e. The number of nitrogens with one attached hydrogen (secondary N) is 1. The van der Waals surface area contributed by atoms with Gasteiger partial charge in [0.05, 0.1) is 35.1 Å². The molecular weight excluding hydrogens is 592 g/mol. The molecule has 0 bridgehead atoms. The van der Waals surface area contributed by atoms with Crippen molar-refractivity contribution in [1.29, 1.82) is 0 Å². The van der Waals surface area contributed by atoms with E-state index >= 15 is 0 Å². The molecule has 12 nitrogen and oxygen atoms in total. The number of carbonyl (C=O) groups is 4. The van der Waals surface area contributed by atoms with E-state index in [-0.39, 0.29) is 42.6 Å². The summed E-state index contributed by atoms with van der Waals surface area (Å²) in [6.07, 6.45) is -0.618. The molecule has 4 aromatic rings. The minimum atomic E-state index is -1.93. The van der Waals surface area contributed by atoms with Gasteiger partial charge in [0.1, 0.15) is 12.6 Å². The van der Waals surface area contributed by atoms with E-state index in [9.17, 15) is 29.1 Å². The molecule has 4 N–H and O–H groups in total. The molecule has 2 aromatic heterocycles. The first kappa shape index (κ1) is 30.7. The number of pyridine rings is 2. The highest BCUT2D eigenvalue weighted by Crippen LogP contribution is 2.41. The van der Waals surface area contributed by atoms with E-state index < -0.39 is 47.9 Å². The molecule has 236 valence electrons. The summed E-state index contributed by atoms with van der Waals surface area (Å²) in [5.41, 5.74) is 7.59. The normalized spacial score (nSPS) is 17.7. The number of ether oxygens (including phenoxy) is 2. The molecule has 0 fully saturated rings. The van der Waals surface area contributed by atoms with Gasteiger partial charge < -0.3 is 30.2 Å². The number of esters is 2. The van der Waals surface area contributed by atoms with E-state index in [1.807, 2.05) is 36.4 Å². The van der Waals surface area contributed by atoms with Crippen LogP contribution in [0.5, 0.6) is 0 Å². The number of hydrogen-bond acceptors (Lipinski definition) is 9. The topological polar surface area (TPSA) is 180 Å². The number of rotatable bonds is 10. The lowest BCUT2D eigenvalue weighted by molar-refractivity contribution is -0.189. The van der Waals surface area contributed by atoms with E-state index in [0.29, 0.717) is 17.9 Å².